The summed E-state index contributed by atoms with van der Waals surface area (Å²) in [6.45, 7) is 0.940. The molecule has 2 N–H and O–H groups in total. The van der Waals surface area contributed by atoms with Crippen molar-refractivity contribution in [1.82, 2.24) is 9.88 Å². The van der Waals surface area contributed by atoms with Gasteiger partial charge in [-0.15, -0.1) is 0 Å². The third-order valence-electron chi connectivity index (χ3n) is 3.48. The summed E-state index contributed by atoms with van der Waals surface area (Å²) in [6, 6.07) is 5.01. The monoisotopic (exact) mass is 332 g/mol. The van der Waals surface area contributed by atoms with Crippen molar-refractivity contribution in [2.45, 2.75) is 19.5 Å². The highest BCUT2D eigenvalue weighted by molar-refractivity contribution is 6.00. The first kappa shape index (κ1) is 17.2. The Labute approximate surface area is 137 Å². The van der Waals surface area contributed by atoms with E-state index in [4.69, 9.17) is 14.9 Å². The second kappa shape index (κ2) is 6.95. The van der Waals surface area contributed by atoms with E-state index in [1.165, 1.54) is 13.3 Å². The molecule has 8 nitrogen and oxygen atoms in total. The van der Waals surface area contributed by atoms with Crippen LogP contribution in [-0.2, 0) is 20.9 Å². The molecule has 0 spiro atoms. The van der Waals surface area contributed by atoms with Gasteiger partial charge in [-0.2, -0.15) is 0 Å². The molecule has 24 heavy (non-hydrogen) atoms. The number of carboxylic acid groups (broad SMARTS) is 2. The van der Waals surface area contributed by atoms with Crippen LogP contribution in [0.2, 0.25) is 0 Å². The number of fused-ring (bicyclic) bond motifs is 1. The van der Waals surface area contributed by atoms with Gasteiger partial charge in [0.25, 0.3) is 0 Å². The molecular weight excluding hydrogens is 316 g/mol. The number of benzene rings is 1. The predicted molar refractivity (Wildman–Crippen MR) is 83.6 cm³/mol. The maximum atomic E-state index is 11.7. The van der Waals surface area contributed by atoms with Gasteiger partial charge in [-0.05, 0) is 29.8 Å². The molecule has 8 heteroatoms. The largest absolute Gasteiger partial charge is 0.497 e. The zero-order valence-corrected chi connectivity index (χ0v) is 13.1. The Morgan fingerprint density at radius 3 is 2.42 bits per heavy atom. The van der Waals surface area contributed by atoms with Gasteiger partial charge < -0.3 is 19.8 Å². The van der Waals surface area contributed by atoms with Gasteiger partial charge in [0.1, 0.15) is 5.75 Å². The van der Waals surface area contributed by atoms with Crippen LogP contribution in [0.4, 0.5) is 0 Å². The first-order valence-electron chi connectivity index (χ1n) is 6.99. The smallest absolute Gasteiger partial charge is 0.338 e. The van der Waals surface area contributed by atoms with Crippen molar-refractivity contribution >= 4 is 28.7 Å². The Kier molecular flexibility index (Phi) is 4.98. The van der Waals surface area contributed by atoms with Crippen molar-refractivity contribution in [3.8, 4) is 5.75 Å². The van der Waals surface area contributed by atoms with Gasteiger partial charge in [0.05, 0.1) is 12.6 Å². The number of hydrogen-bond donors (Lipinski definition) is 2. The van der Waals surface area contributed by atoms with Crippen LogP contribution >= 0.6 is 0 Å². The van der Waals surface area contributed by atoms with Crippen molar-refractivity contribution in [3.63, 3.8) is 0 Å². The molecule has 0 radical (unpaired) electrons. The van der Waals surface area contributed by atoms with Gasteiger partial charge in [0, 0.05) is 25.1 Å². The Morgan fingerprint density at radius 1 is 1.21 bits per heavy atom. The molecule has 0 saturated carbocycles. The molecule has 0 atom stereocenters. The topological polar surface area (TPSA) is 117 Å². The summed E-state index contributed by atoms with van der Waals surface area (Å²) >= 11 is 0. The highest BCUT2D eigenvalue weighted by Gasteiger charge is 2.34. The molecule has 0 bridgehead atoms. The fraction of sp³-hybridized carbons (Fsp3) is 0.250. The number of ether oxygens (including phenoxy) is 1. The molecule has 0 aliphatic rings. The van der Waals surface area contributed by atoms with E-state index in [2.05, 4.69) is 4.98 Å². The minimum absolute atomic E-state index is 0.182. The molecule has 0 unspecified atom stereocenters. The first-order valence-corrected chi connectivity index (χ1v) is 6.99. The lowest BCUT2D eigenvalue weighted by molar-refractivity contribution is -0.161. The number of aliphatic carboxylic acids is 2. The summed E-state index contributed by atoms with van der Waals surface area (Å²) in [6.07, 6.45) is 1.48. The lowest BCUT2D eigenvalue weighted by atomic mass is 10.1. The van der Waals surface area contributed by atoms with E-state index in [9.17, 15) is 14.4 Å². The maximum absolute atomic E-state index is 11.7. The number of nitrogens with zero attached hydrogens (tertiary/aromatic N) is 2. The maximum Gasteiger partial charge on any atom is 0.338 e. The second-order valence-corrected chi connectivity index (χ2v) is 5.13. The summed E-state index contributed by atoms with van der Waals surface area (Å²) in [7, 11) is 1.53. The number of rotatable bonds is 6. The van der Waals surface area contributed by atoms with Crippen molar-refractivity contribution in [3.05, 3.63) is 36.0 Å². The van der Waals surface area contributed by atoms with E-state index in [-0.39, 0.29) is 6.54 Å². The average molecular weight is 332 g/mol. The molecule has 1 aromatic carbocycles. The lowest BCUT2D eigenvalue weighted by Gasteiger charge is -2.25. The third kappa shape index (κ3) is 3.60. The van der Waals surface area contributed by atoms with Gasteiger partial charge in [0.15, 0.2) is 0 Å². The van der Waals surface area contributed by atoms with Gasteiger partial charge in [-0.25, -0.2) is 9.59 Å². The predicted octanol–water partition coefficient (Wildman–Crippen LogP) is 1.13. The van der Waals surface area contributed by atoms with Crippen LogP contribution in [0.1, 0.15) is 12.5 Å². The summed E-state index contributed by atoms with van der Waals surface area (Å²) in [5.41, 5.74) is 1.21. The average Bonchev–Trinajstić information content (AvgIpc) is 2.52. The number of carboxylic acids is 2. The number of amides is 1. The Morgan fingerprint density at radius 2 is 1.88 bits per heavy atom. The minimum atomic E-state index is -1.96. The number of carbonyl (C=O) groups is 3. The molecule has 0 aliphatic carbocycles. The molecule has 2 rings (SSSR count). The zero-order chi connectivity index (χ0) is 17.9. The summed E-state index contributed by atoms with van der Waals surface area (Å²) in [4.78, 5) is 39.1. The van der Waals surface area contributed by atoms with Gasteiger partial charge in [-0.1, -0.05) is 0 Å². The van der Waals surface area contributed by atoms with Gasteiger partial charge in [-0.3, -0.25) is 9.78 Å². The summed E-state index contributed by atoms with van der Waals surface area (Å²) < 4.78 is 5.13. The molecular formula is C16H16N2O6. The molecule has 1 amide bonds. The lowest BCUT2D eigenvalue weighted by Crippen LogP contribution is -2.48. The number of pyridine rings is 1. The van der Waals surface area contributed by atoms with Gasteiger partial charge >= 0.3 is 11.9 Å². The molecule has 0 aliphatic heterocycles. The molecule has 1 aromatic heterocycles. The molecule has 2 aromatic rings. The van der Waals surface area contributed by atoms with Crippen molar-refractivity contribution in [2.75, 3.05) is 7.11 Å². The number of hydrogen-bond acceptors (Lipinski definition) is 5. The number of methoxy groups -OCH3 is 1. The van der Waals surface area contributed by atoms with E-state index >= 15 is 0 Å². The Hall–Kier alpha value is -3.16. The van der Waals surface area contributed by atoms with Crippen LogP contribution in [0, 0.1) is 0 Å². The minimum Gasteiger partial charge on any atom is -0.497 e. The molecule has 126 valence electrons. The van der Waals surface area contributed by atoms with Crippen LogP contribution in [-0.4, -0.2) is 51.1 Å². The summed E-state index contributed by atoms with van der Waals surface area (Å²) in [5.74, 6) is -3.24. The van der Waals surface area contributed by atoms with Crippen LogP contribution < -0.4 is 4.74 Å². The molecule has 0 fully saturated rings. The fourth-order valence-corrected chi connectivity index (χ4v) is 2.32. The van der Waals surface area contributed by atoms with Crippen LogP contribution in [0.5, 0.6) is 5.75 Å². The normalized spacial score (nSPS) is 10.6. The highest BCUT2D eigenvalue weighted by Crippen LogP contribution is 2.21. The number of carbonyl (C=O) groups excluding carboxylic acids is 1. The Balaban J connectivity index is 2.38. The third-order valence-corrected chi connectivity index (χ3v) is 3.48. The number of aromatic nitrogens is 1. The van der Waals surface area contributed by atoms with Crippen LogP contribution in [0.15, 0.2) is 30.5 Å². The standard InChI is InChI=1S/C16H16N2O6/c1-9(19)18(14(15(20)21)16(22)23)8-10-5-11-6-12(24-2)3-4-13(11)17-7-10/h3-7,14H,8H2,1-2H3,(H,20,21)(H,22,23). The van der Waals surface area contributed by atoms with E-state index < -0.39 is 23.9 Å². The van der Waals surface area contributed by atoms with E-state index in [0.29, 0.717) is 16.8 Å². The quantitative estimate of drug-likeness (QED) is 0.761. The fourth-order valence-electron chi connectivity index (χ4n) is 2.32. The second-order valence-electron chi connectivity index (χ2n) is 5.13. The van der Waals surface area contributed by atoms with E-state index in [0.717, 1.165) is 17.2 Å². The van der Waals surface area contributed by atoms with Crippen LogP contribution in [0.25, 0.3) is 10.9 Å². The highest BCUT2D eigenvalue weighted by atomic mass is 16.5. The van der Waals surface area contributed by atoms with Crippen molar-refractivity contribution in [1.29, 1.82) is 0 Å². The van der Waals surface area contributed by atoms with Crippen LogP contribution in [0.3, 0.4) is 0 Å². The SMILES string of the molecule is COc1ccc2ncc(CN(C(C)=O)C(C(=O)O)C(=O)O)cc2c1. The summed E-state index contributed by atoms with van der Waals surface area (Å²) in [5, 5.41) is 18.9. The van der Waals surface area contributed by atoms with E-state index in [1.54, 1.807) is 24.3 Å². The van der Waals surface area contributed by atoms with Crippen molar-refractivity contribution in [2.24, 2.45) is 0 Å². The van der Waals surface area contributed by atoms with Gasteiger partial charge in [0.2, 0.25) is 11.9 Å². The first-order chi connectivity index (χ1) is 11.3. The van der Waals surface area contributed by atoms with Crippen molar-refractivity contribution < 1.29 is 29.3 Å². The Bertz CT molecular complexity index is 790. The molecule has 1 heterocycles. The molecule has 0 saturated heterocycles. The van der Waals surface area contributed by atoms with E-state index in [1.807, 2.05) is 0 Å². The zero-order valence-electron chi connectivity index (χ0n) is 13.1.